The molecule has 0 fully saturated rings. The topological polar surface area (TPSA) is 73.8 Å². The highest BCUT2D eigenvalue weighted by atomic mass is 79.9. The average molecular weight is 590 g/mol. The Balaban J connectivity index is 1.61. The van der Waals surface area contributed by atoms with E-state index in [4.69, 9.17) is 20.8 Å². The Morgan fingerprint density at radius 1 is 1.31 bits per heavy atom. The van der Waals surface area contributed by atoms with Gasteiger partial charge in [0.15, 0.2) is 4.80 Å². The number of aromatic nitrogens is 1. The van der Waals surface area contributed by atoms with Gasteiger partial charge in [0.1, 0.15) is 17.6 Å². The van der Waals surface area contributed by atoms with E-state index < -0.39 is 12.0 Å². The molecule has 1 aliphatic heterocycles. The molecule has 0 saturated heterocycles. The summed E-state index contributed by atoms with van der Waals surface area (Å²) in [5.41, 5.74) is 1.50. The lowest BCUT2D eigenvalue weighted by atomic mass is 10.0. The fraction of sp³-hybridized carbons (Fsp3) is 0.160. The van der Waals surface area contributed by atoms with Crippen molar-refractivity contribution in [1.29, 1.82) is 0 Å². The number of fused-ring (bicyclic) bond motifs is 1. The van der Waals surface area contributed by atoms with E-state index in [1.807, 2.05) is 41.8 Å². The molecule has 4 heterocycles. The fourth-order valence-electron chi connectivity index (χ4n) is 3.87. The van der Waals surface area contributed by atoms with Crippen LogP contribution in [0.25, 0.3) is 17.4 Å². The number of rotatable bonds is 5. The summed E-state index contributed by atoms with van der Waals surface area (Å²) >= 11 is 12.3. The Bertz CT molecular complexity index is 1650. The van der Waals surface area contributed by atoms with Crippen LogP contribution < -0.4 is 14.9 Å². The lowest BCUT2D eigenvalue weighted by molar-refractivity contribution is -0.139. The first-order valence-electron chi connectivity index (χ1n) is 10.7. The third kappa shape index (κ3) is 4.49. The zero-order valence-corrected chi connectivity index (χ0v) is 22.6. The lowest BCUT2D eigenvalue weighted by Gasteiger charge is -2.23. The van der Waals surface area contributed by atoms with E-state index in [0.717, 1.165) is 14.9 Å². The van der Waals surface area contributed by atoms with Crippen LogP contribution in [0.3, 0.4) is 0 Å². The van der Waals surface area contributed by atoms with Gasteiger partial charge in [-0.25, -0.2) is 9.79 Å². The maximum atomic E-state index is 13.6. The first-order valence-corrected chi connectivity index (χ1v) is 13.5. The molecule has 0 bridgehead atoms. The molecular formula is C25H18BrClN2O4S2. The van der Waals surface area contributed by atoms with Crippen LogP contribution in [0.15, 0.2) is 77.8 Å². The summed E-state index contributed by atoms with van der Waals surface area (Å²) in [7, 11) is 0. The molecule has 10 heteroatoms. The van der Waals surface area contributed by atoms with Crippen LogP contribution in [0.5, 0.6) is 0 Å². The number of nitrogens with zero attached hydrogens (tertiary/aromatic N) is 2. The predicted molar refractivity (Wildman–Crippen MR) is 142 cm³/mol. The largest absolute Gasteiger partial charge is 0.463 e. The minimum Gasteiger partial charge on any atom is -0.463 e. The van der Waals surface area contributed by atoms with E-state index in [9.17, 15) is 9.59 Å². The number of benzene rings is 1. The summed E-state index contributed by atoms with van der Waals surface area (Å²) in [6.07, 6.45) is 1.70. The summed E-state index contributed by atoms with van der Waals surface area (Å²) in [6, 6.07) is 12.4. The van der Waals surface area contributed by atoms with E-state index in [1.54, 1.807) is 30.6 Å². The quantitative estimate of drug-likeness (QED) is 0.287. The maximum Gasteiger partial charge on any atom is 0.338 e. The minimum absolute atomic E-state index is 0.238. The molecule has 0 aliphatic carbocycles. The van der Waals surface area contributed by atoms with Crippen molar-refractivity contribution in [2.75, 3.05) is 6.61 Å². The maximum absolute atomic E-state index is 13.6. The number of halogens is 2. The molecule has 0 unspecified atom stereocenters. The average Bonchev–Trinajstić information content (AvgIpc) is 3.57. The number of hydrogen-bond donors (Lipinski definition) is 0. The van der Waals surface area contributed by atoms with Crippen molar-refractivity contribution in [2.45, 2.75) is 19.9 Å². The minimum atomic E-state index is -0.593. The molecule has 6 nitrogen and oxygen atoms in total. The number of hydrogen-bond acceptors (Lipinski definition) is 7. The fourth-order valence-corrected chi connectivity index (χ4v) is 6.15. The third-order valence-corrected chi connectivity index (χ3v) is 8.57. The van der Waals surface area contributed by atoms with Gasteiger partial charge in [0.05, 0.1) is 27.4 Å². The van der Waals surface area contributed by atoms with Gasteiger partial charge in [-0.2, -0.15) is 0 Å². The lowest BCUT2D eigenvalue weighted by Crippen LogP contribution is -2.39. The summed E-state index contributed by atoms with van der Waals surface area (Å²) < 4.78 is 14.1. The predicted octanol–water partition coefficient (Wildman–Crippen LogP) is 5.54. The third-order valence-electron chi connectivity index (χ3n) is 5.43. The second-order valence-electron chi connectivity index (χ2n) is 7.65. The van der Waals surface area contributed by atoms with Gasteiger partial charge >= 0.3 is 5.97 Å². The number of thiazole rings is 1. The van der Waals surface area contributed by atoms with Crippen LogP contribution in [-0.2, 0) is 9.53 Å². The number of ether oxygens (including phenoxy) is 1. The van der Waals surface area contributed by atoms with Gasteiger partial charge in [-0.1, -0.05) is 35.1 Å². The van der Waals surface area contributed by atoms with Gasteiger partial charge in [0, 0.05) is 21.0 Å². The van der Waals surface area contributed by atoms with Crippen molar-refractivity contribution in [3.63, 3.8) is 0 Å². The summed E-state index contributed by atoms with van der Waals surface area (Å²) in [5, 5.41) is 2.50. The molecular weight excluding hydrogens is 572 g/mol. The second kappa shape index (κ2) is 9.73. The molecule has 0 spiro atoms. The molecule has 0 amide bonds. The van der Waals surface area contributed by atoms with Gasteiger partial charge in [-0.05, 0) is 65.5 Å². The Morgan fingerprint density at radius 3 is 2.86 bits per heavy atom. The molecule has 1 atom stereocenters. The molecule has 35 heavy (non-hydrogen) atoms. The number of carbonyl (C=O) groups excluding carboxylic acids is 1. The SMILES string of the molecule is CCOC(=O)C1=C(C)N=c2sc(=Cc3ccc(-c4ccc(Br)c(Cl)c4)o3)c(=O)n2[C@@H]1c1cccs1. The number of esters is 1. The van der Waals surface area contributed by atoms with Crippen LogP contribution in [0, 0.1) is 0 Å². The number of furan rings is 1. The molecule has 0 radical (unpaired) electrons. The normalized spacial score (nSPS) is 15.8. The first kappa shape index (κ1) is 24.0. The smallest absolute Gasteiger partial charge is 0.338 e. The zero-order valence-electron chi connectivity index (χ0n) is 18.6. The Morgan fingerprint density at radius 2 is 2.14 bits per heavy atom. The standard InChI is InChI=1S/C25H18BrClN2O4S2/c1-3-32-24(31)21-13(2)28-25-29(22(21)19-5-4-10-34-19)23(30)20(35-25)12-15-7-9-18(33-15)14-6-8-16(26)17(27)11-14/h4-12,22H,3H2,1-2H3/t22-/m1/s1. The van der Waals surface area contributed by atoms with Gasteiger partial charge in [-0.3, -0.25) is 9.36 Å². The highest BCUT2D eigenvalue weighted by Crippen LogP contribution is 2.33. The number of thiophene rings is 1. The van der Waals surface area contributed by atoms with Crippen LogP contribution >= 0.6 is 50.2 Å². The van der Waals surface area contributed by atoms with E-state index in [-0.39, 0.29) is 12.2 Å². The number of carbonyl (C=O) groups is 1. The van der Waals surface area contributed by atoms with Crippen LogP contribution in [0.2, 0.25) is 5.02 Å². The van der Waals surface area contributed by atoms with E-state index in [0.29, 0.717) is 37.1 Å². The van der Waals surface area contributed by atoms with E-state index in [1.165, 1.54) is 22.7 Å². The summed E-state index contributed by atoms with van der Waals surface area (Å²) in [6.45, 7) is 3.76. The van der Waals surface area contributed by atoms with Crippen molar-refractivity contribution >= 4 is 62.2 Å². The monoisotopic (exact) mass is 588 g/mol. The summed E-state index contributed by atoms with van der Waals surface area (Å²) in [4.78, 5) is 32.4. The van der Waals surface area contributed by atoms with Crippen molar-refractivity contribution in [2.24, 2.45) is 4.99 Å². The Kier molecular flexibility index (Phi) is 6.67. The number of allylic oxidation sites excluding steroid dienone is 1. The van der Waals surface area contributed by atoms with Crippen molar-refractivity contribution in [1.82, 2.24) is 4.57 Å². The van der Waals surface area contributed by atoms with Crippen molar-refractivity contribution in [3.05, 3.63) is 98.9 Å². The molecule has 0 saturated carbocycles. The molecule has 4 aromatic rings. The highest BCUT2D eigenvalue weighted by molar-refractivity contribution is 9.10. The highest BCUT2D eigenvalue weighted by Gasteiger charge is 2.33. The molecule has 178 valence electrons. The Labute approximate surface area is 221 Å². The van der Waals surface area contributed by atoms with Gasteiger partial charge in [-0.15, -0.1) is 11.3 Å². The van der Waals surface area contributed by atoms with Gasteiger partial charge in [0.25, 0.3) is 5.56 Å². The van der Waals surface area contributed by atoms with E-state index in [2.05, 4.69) is 20.9 Å². The molecule has 0 N–H and O–H groups in total. The van der Waals surface area contributed by atoms with Crippen LogP contribution in [-0.4, -0.2) is 17.1 Å². The molecule has 1 aromatic carbocycles. The summed E-state index contributed by atoms with van der Waals surface area (Å²) in [5.74, 6) is 0.693. The first-order chi connectivity index (χ1) is 16.9. The zero-order chi connectivity index (χ0) is 24.7. The molecule has 5 rings (SSSR count). The van der Waals surface area contributed by atoms with E-state index >= 15 is 0 Å². The van der Waals surface area contributed by atoms with Crippen LogP contribution in [0.4, 0.5) is 0 Å². The molecule has 3 aromatic heterocycles. The second-order valence-corrected chi connectivity index (χ2v) is 10.9. The van der Waals surface area contributed by atoms with Crippen LogP contribution in [0.1, 0.15) is 30.5 Å². The van der Waals surface area contributed by atoms with Gasteiger partial charge in [0.2, 0.25) is 0 Å². The van der Waals surface area contributed by atoms with Crippen molar-refractivity contribution < 1.29 is 13.9 Å². The van der Waals surface area contributed by atoms with Gasteiger partial charge < -0.3 is 9.15 Å². The molecule has 1 aliphatic rings. The van der Waals surface area contributed by atoms with Crippen molar-refractivity contribution in [3.8, 4) is 11.3 Å². The Hall–Kier alpha value is -2.72.